The summed E-state index contributed by atoms with van der Waals surface area (Å²) in [6, 6.07) is 13.6. The van der Waals surface area contributed by atoms with Gasteiger partial charge in [0.15, 0.2) is 5.78 Å². The molecule has 2 aromatic carbocycles. The van der Waals surface area contributed by atoms with Gasteiger partial charge in [0.05, 0.1) is 26.2 Å². The van der Waals surface area contributed by atoms with Crippen molar-refractivity contribution in [2.24, 2.45) is 0 Å². The summed E-state index contributed by atoms with van der Waals surface area (Å²) in [4.78, 5) is 27.3. The van der Waals surface area contributed by atoms with Crippen molar-refractivity contribution in [2.75, 3.05) is 31.1 Å². The van der Waals surface area contributed by atoms with Gasteiger partial charge < -0.3 is 14.2 Å². The molecule has 0 atom stereocenters. The van der Waals surface area contributed by atoms with E-state index in [4.69, 9.17) is 4.42 Å². The Hall–Kier alpha value is -2.92. The van der Waals surface area contributed by atoms with Crippen LogP contribution in [0.15, 0.2) is 51.7 Å². The molecule has 29 heavy (non-hydrogen) atoms. The van der Waals surface area contributed by atoms with Crippen LogP contribution < -0.4 is 15.4 Å². The number of piperazine rings is 1. The first-order chi connectivity index (χ1) is 13.9. The van der Waals surface area contributed by atoms with E-state index in [2.05, 4.69) is 17.9 Å². The standard InChI is InChI=1S/C24H26N2O3/c1-16-12-22-20(14-24(28)29-23(22)13-17(16)2)15-25-8-10-26(11-9-25)21-6-4-19(5-7-21)18(3)27/h4-7,12-14H,8-11,15H2,1-3H3/p+1. The molecule has 0 aliphatic carbocycles. The normalized spacial score (nSPS) is 15.1. The van der Waals surface area contributed by atoms with Gasteiger partial charge in [-0.05, 0) is 68.3 Å². The molecule has 1 saturated heterocycles. The average molecular weight is 391 g/mol. The summed E-state index contributed by atoms with van der Waals surface area (Å²) in [5, 5.41) is 1.04. The Morgan fingerprint density at radius 2 is 1.69 bits per heavy atom. The molecule has 1 aliphatic rings. The molecule has 3 aromatic rings. The van der Waals surface area contributed by atoms with Gasteiger partial charge in [0, 0.05) is 28.3 Å². The van der Waals surface area contributed by atoms with E-state index in [1.54, 1.807) is 13.0 Å². The molecule has 1 aromatic heterocycles. The summed E-state index contributed by atoms with van der Waals surface area (Å²) in [5.41, 5.74) is 5.72. The first kappa shape index (κ1) is 19.4. The van der Waals surface area contributed by atoms with Gasteiger partial charge in [0.1, 0.15) is 12.1 Å². The molecule has 0 amide bonds. The van der Waals surface area contributed by atoms with E-state index in [0.717, 1.165) is 60.5 Å². The number of Topliss-reactive ketones (excluding diaryl/α,β-unsaturated/α-hetero) is 1. The Morgan fingerprint density at radius 3 is 2.34 bits per heavy atom. The van der Waals surface area contributed by atoms with Crippen LogP contribution in [0.25, 0.3) is 11.0 Å². The van der Waals surface area contributed by atoms with Crippen molar-refractivity contribution >= 4 is 22.4 Å². The molecule has 150 valence electrons. The monoisotopic (exact) mass is 391 g/mol. The topological polar surface area (TPSA) is 55.0 Å². The summed E-state index contributed by atoms with van der Waals surface area (Å²) in [7, 11) is 0. The van der Waals surface area contributed by atoms with E-state index in [1.165, 1.54) is 10.5 Å². The number of ketones is 1. The number of aryl methyl sites for hydroxylation is 2. The van der Waals surface area contributed by atoms with Gasteiger partial charge in [0.25, 0.3) is 0 Å². The molecule has 0 radical (unpaired) electrons. The summed E-state index contributed by atoms with van der Waals surface area (Å²) in [6.07, 6.45) is 0. The predicted molar refractivity (Wildman–Crippen MR) is 115 cm³/mol. The van der Waals surface area contributed by atoms with Crippen molar-refractivity contribution in [1.82, 2.24) is 0 Å². The molecule has 4 rings (SSSR count). The van der Waals surface area contributed by atoms with E-state index >= 15 is 0 Å². The lowest BCUT2D eigenvalue weighted by molar-refractivity contribution is -0.914. The highest BCUT2D eigenvalue weighted by Gasteiger charge is 2.22. The molecule has 2 heterocycles. The number of quaternary nitrogens is 1. The highest BCUT2D eigenvalue weighted by molar-refractivity contribution is 5.94. The predicted octanol–water partition coefficient (Wildman–Crippen LogP) is 2.52. The number of fused-ring (bicyclic) bond motifs is 1. The zero-order valence-corrected chi connectivity index (χ0v) is 17.2. The molecule has 5 nitrogen and oxygen atoms in total. The van der Waals surface area contributed by atoms with E-state index in [-0.39, 0.29) is 11.4 Å². The van der Waals surface area contributed by atoms with Gasteiger partial charge in [-0.2, -0.15) is 0 Å². The minimum atomic E-state index is -0.278. The number of carbonyl (C=O) groups is 1. The van der Waals surface area contributed by atoms with Crippen molar-refractivity contribution in [1.29, 1.82) is 0 Å². The minimum Gasteiger partial charge on any atom is -0.423 e. The van der Waals surface area contributed by atoms with Crippen LogP contribution in [0.5, 0.6) is 0 Å². The van der Waals surface area contributed by atoms with Crippen LogP contribution in [0.2, 0.25) is 0 Å². The Bertz CT molecular complexity index is 1110. The maximum absolute atomic E-state index is 12.0. The Morgan fingerprint density at radius 1 is 1.03 bits per heavy atom. The van der Waals surface area contributed by atoms with Gasteiger partial charge in [0.2, 0.25) is 0 Å². The second-order valence-electron chi connectivity index (χ2n) is 8.04. The average Bonchev–Trinajstić information content (AvgIpc) is 2.70. The molecule has 0 bridgehead atoms. The Labute approximate surface area is 170 Å². The number of hydrogen-bond donors (Lipinski definition) is 1. The lowest BCUT2D eigenvalue weighted by Gasteiger charge is -2.33. The van der Waals surface area contributed by atoms with Crippen LogP contribution in [-0.4, -0.2) is 32.0 Å². The Kier molecular flexibility index (Phi) is 5.24. The fourth-order valence-electron chi connectivity index (χ4n) is 4.06. The zero-order valence-electron chi connectivity index (χ0n) is 17.2. The first-order valence-electron chi connectivity index (χ1n) is 10.1. The summed E-state index contributed by atoms with van der Waals surface area (Å²) < 4.78 is 5.43. The summed E-state index contributed by atoms with van der Waals surface area (Å²) in [6.45, 7) is 10.4. The summed E-state index contributed by atoms with van der Waals surface area (Å²) >= 11 is 0. The lowest BCUT2D eigenvalue weighted by Crippen LogP contribution is -3.13. The van der Waals surface area contributed by atoms with E-state index in [9.17, 15) is 9.59 Å². The number of anilines is 1. The zero-order chi connectivity index (χ0) is 20.5. The molecule has 0 saturated carbocycles. The maximum atomic E-state index is 12.0. The van der Waals surface area contributed by atoms with Gasteiger partial charge in [-0.3, -0.25) is 4.79 Å². The molecule has 1 aliphatic heterocycles. The fraction of sp³-hybridized carbons (Fsp3) is 0.333. The lowest BCUT2D eigenvalue weighted by atomic mass is 10.0. The van der Waals surface area contributed by atoms with Crippen molar-refractivity contribution in [2.45, 2.75) is 27.3 Å². The van der Waals surface area contributed by atoms with Crippen LogP contribution >= 0.6 is 0 Å². The second kappa shape index (κ2) is 7.84. The fourth-order valence-corrected chi connectivity index (χ4v) is 4.06. The molecule has 1 N–H and O–H groups in total. The van der Waals surface area contributed by atoms with E-state index < -0.39 is 0 Å². The number of rotatable bonds is 4. The van der Waals surface area contributed by atoms with E-state index in [1.807, 2.05) is 37.3 Å². The van der Waals surface area contributed by atoms with Crippen molar-refractivity contribution in [3.63, 3.8) is 0 Å². The number of benzene rings is 2. The third-order valence-corrected chi connectivity index (χ3v) is 5.99. The first-order valence-corrected chi connectivity index (χ1v) is 10.1. The number of carbonyl (C=O) groups excluding carboxylic acids is 1. The van der Waals surface area contributed by atoms with Crippen molar-refractivity contribution in [3.05, 3.63) is 75.1 Å². The molecule has 5 heteroatoms. The van der Waals surface area contributed by atoms with E-state index in [0.29, 0.717) is 5.58 Å². The van der Waals surface area contributed by atoms with Crippen LogP contribution in [0, 0.1) is 13.8 Å². The third-order valence-electron chi connectivity index (χ3n) is 5.99. The SMILES string of the molecule is CC(=O)c1ccc(N2CC[NH+](Cc3cc(=O)oc4cc(C)c(C)cc34)CC2)cc1. The molecule has 1 fully saturated rings. The minimum absolute atomic E-state index is 0.0933. The molecular formula is C24H27N2O3+. The quantitative estimate of drug-likeness (QED) is 0.549. The highest BCUT2D eigenvalue weighted by atomic mass is 16.4. The third kappa shape index (κ3) is 4.10. The van der Waals surface area contributed by atoms with Crippen LogP contribution in [0.3, 0.4) is 0 Å². The van der Waals surface area contributed by atoms with Crippen molar-refractivity contribution in [3.8, 4) is 0 Å². The largest absolute Gasteiger partial charge is 0.423 e. The number of hydrogen-bond acceptors (Lipinski definition) is 4. The second-order valence-corrected chi connectivity index (χ2v) is 8.04. The molecular weight excluding hydrogens is 364 g/mol. The highest BCUT2D eigenvalue weighted by Crippen LogP contribution is 2.21. The maximum Gasteiger partial charge on any atom is 0.336 e. The Balaban J connectivity index is 1.48. The van der Waals surface area contributed by atoms with Gasteiger partial charge >= 0.3 is 5.63 Å². The van der Waals surface area contributed by atoms with Gasteiger partial charge in [-0.25, -0.2) is 4.79 Å². The van der Waals surface area contributed by atoms with Crippen LogP contribution in [-0.2, 0) is 6.54 Å². The smallest absolute Gasteiger partial charge is 0.336 e. The van der Waals surface area contributed by atoms with Gasteiger partial charge in [-0.15, -0.1) is 0 Å². The van der Waals surface area contributed by atoms with Gasteiger partial charge in [-0.1, -0.05) is 0 Å². The number of nitrogens with zero attached hydrogens (tertiary/aromatic N) is 1. The number of nitrogens with one attached hydrogen (secondary N) is 1. The van der Waals surface area contributed by atoms with Crippen molar-refractivity contribution < 1.29 is 14.1 Å². The van der Waals surface area contributed by atoms with Crippen LogP contribution in [0.4, 0.5) is 5.69 Å². The summed E-state index contributed by atoms with van der Waals surface area (Å²) in [5.74, 6) is 0.0933. The molecule has 0 spiro atoms. The van der Waals surface area contributed by atoms with Crippen LogP contribution in [0.1, 0.15) is 34.0 Å². The molecule has 0 unspecified atom stereocenters.